The number of nitrogens with zero attached hydrogens (tertiary/aromatic N) is 1. The van der Waals surface area contributed by atoms with Crippen molar-refractivity contribution in [1.29, 1.82) is 0 Å². The highest BCUT2D eigenvalue weighted by Crippen LogP contribution is 2.29. The Morgan fingerprint density at radius 2 is 2.00 bits per heavy atom. The highest BCUT2D eigenvalue weighted by molar-refractivity contribution is 6.33. The number of halogens is 1. The molecule has 2 aliphatic rings. The van der Waals surface area contributed by atoms with Gasteiger partial charge in [-0.25, -0.2) is 0 Å². The van der Waals surface area contributed by atoms with E-state index < -0.39 is 0 Å². The van der Waals surface area contributed by atoms with E-state index in [-0.39, 0.29) is 0 Å². The number of anilines is 1. The average Bonchev–Trinajstić information content (AvgIpc) is 3.01. The Hall–Kier alpha value is -0.730. The van der Waals surface area contributed by atoms with Crippen LogP contribution in [0.2, 0.25) is 5.02 Å². The molecule has 1 N–H and O–H groups in total. The lowest BCUT2D eigenvalue weighted by Crippen LogP contribution is -2.18. The first-order valence-electron chi connectivity index (χ1n) is 6.60. The van der Waals surface area contributed by atoms with Crippen LogP contribution in [0.25, 0.3) is 0 Å². The summed E-state index contributed by atoms with van der Waals surface area (Å²) in [5.41, 5.74) is 2.50. The maximum atomic E-state index is 6.37. The fourth-order valence-corrected chi connectivity index (χ4v) is 2.75. The van der Waals surface area contributed by atoms with E-state index in [1.807, 2.05) is 0 Å². The first-order valence-corrected chi connectivity index (χ1v) is 6.97. The first kappa shape index (κ1) is 11.4. The van der Waals surface area contributed by atoms with Crippen molar-refractivity contribution >= 4 is 17.3 Å². The van der Waals surface area contributed by atoms with Crippen LogP contribution in [-0.4, -0.2) is 19.1 Å². The van der Waals surface area contributed by atoms with Crippen molar-refractivity contribution in [1.82, 2.24) is 5.32 Å². The lowest BCUT2D eigenvalue weighted by molar-refractivity contribution is 0.688. The van der Waals surface area contributed by atoms with Gasteiger partial charge in [0.1, 0.15) is 0 Å². The quantitative estimate of drug-likeness (QED) is 0.883. The second kappa shape index (κ2) is 4.87. The SMILES string of the molecule is Clc1cc(CNC2CC2)ccc1N1CCCC1. The van der Waals surface area contributed by atoms with Crippen molar-refractivity contribution in [3.05, 3.63) is 28.8 Å². The van der Waals surface area contributed by atoms with Crippen molar-refractivity contribution < 1.29 is 0 Å². The van der Waals surface area contributed by atoms with Gasteiger partial charge in [-0.2, -0.15) is 0 Å². The monoisotopic (exact) mass is 250 g/mol. The van der Waals surface area contributed by atoms with Crippen LogP contribution < -0.4 is 10.2 Å². The molecule has 92 valence electrons. The third-order valence-corrected chi connectivity index (χ3v) is 3.93. The Kier molecular flexibility index (Phi) is 3.26. The minimum absolute atomic E-state index is 0.757. The van der Waals surface area contributed by atoms with Crippen molar-refractivity contribution in [2.24, 2.45) is 0 Å². The summed E-state index contributed by atoms with van der Waals surface area (Å²) in [6, 6.07) is 7.25. The Morgan fingerprint density at radius 1 is 1.24 bits per heavy atom. The molecule has 1 aliphatic carbocycles. The molecule has 17 heavy (non-hydrogen) atoms. The predicted octanol–water partition coefficient (Wildman–Crippen LogP) is 3.19. The summed E-state index contributed by atoms with van der Waals surface area (Å²) in [7, 11) is 0. The van der Waals surface area contributed by atoms with Crippen LogP contribution in [0.1, 0.15) is 31.2 Å². The van der Waals surface area contributed by atoms with Crippen LogP contribution >= 0.6 is 11.6 Å². The number of rotatable bonds is 4. The van der Waals surface area contributed by atoms with E-state index in [9.17, 15) is 0 Å². The summed E-state index contributed by atoms with van der Waals surface area (Å²) in [4.78, 5) is 2.39. The van der Waals surface area contributed by atoms with Crippen LogP contribution in [0.3, 0.4) is 0 Å². The van der Waals surface area contributed by atoms with Gasteiger partial charge in [0.05, 0.1) is 10.7 Å². The maximum Gasteiger partial charge on any atom is 0.0642 e. The van der Waals surface area contributed by atoms with Gasteiger partial charge in [0, 0.05) is 25.7 Å². The first-order chi connectivity index (χ1) is 8.33. The summed E-state index contributed by atoms with van der Waals surface area (Å²) in [5.74, 6) is 0. The molecule has 1 saturated heterocycles. The Labute approximate surface area is 108 Å². The zero-order valence-electron chi connectivity index (χ0n) is 10.1. The van der Waals surface area contributed by atoms with Crippen molar-refractivity contribution in [2.45, 2.75) is 38.3 Å². The molecular weight excluding hydrogens is 232 g/mol. The molecule has 0 radical (unpaired) electrons. The lowest BCUT2D eigenvalue weighted by Gasteiger charge is -2.19. The topological polar surface area (TPSA) is 15.3 Å². The molecule has 0 atom stereocenters. The van der Waals surface area contributed by atoms with Crippen molar-refractivity contribution in [2.75, 3.05) is 18.0 Å². The van der Waals surface area contributed by atoms with Gasteiger partial charge >= 0.3 is 0 Å². The summed E-state index contributed by atoms with van der Waals surface area (Å²) >= 11 is 6.37. The minimum Gasteiger partial charge on any atom is -0.370 e. The molecule has 0 unspecified atom stereocenters. The molecular formula is C14H19ClN2. The molecule has 1 aromatic rings. The largest absolute Gasteiger partial charge is 0.370 e. The third kappa shape index (κ3) is 2.75. The molecule has 2 fully saturated rings. The number of benzene rings is 1. The van der Waals surface area contributed by atoms with Gasteiger partial charge < -0.3 is 10.2 Å². The molecule has 0 bridgehead atoms. The molecule has 0 spiro atoms. The van der Waals surface area contributed by atoms with Gasteiger partial charge in [-0.15, -0.1) is 0 Å². The summed E-state index contributed by atoms with van der Waals surface area (Å²) < 4.78 is 0. The molecule has 0 aromatic heterocycles. The van der Waals surface area contributed by atoms with Crippen molar-refractivity contribution in [3.8, 4) is 0 Å². The molecule has 1 aromatic carbocycles. The van der Waals surface area contributed by atoms with Gasteiger partial charge in [-0.3, -0.25) is 0 Å². The maximum absolute atomic E-state index is 6.37. The fraction of sp³-hybridized carbons (Fsp3) is 0.571. The smallest absolute Gasteiger partial charge is 0.0642 e. The third-order valence-electron chi connectivity index (χ3n) is 3.63. The molecule has 3 heteroatoms. The highest BCUT2D eigenvalue weighted by atomic mass is 35.5. The fourth-order valence-electron chi connectivity index (χ4n) is 2.42. The Bertz CT molecular complexity index is 395. The predicted molar refractivity (Wildman–Crippen MR) is 72.8 cm³/mol. The zero-order chi connectivity index (χ0) is 11.7. The van der Waals surface area contributed by atoms with Crippen LogP contribution in [0.5, 0.6) is 0 Å². The molecule has 3 rings (SSSR count). The van der Waals surface area contributed by atoms with E-state index in [1.165, 1.54) is 36.9 Å². The minimum atomic E-state index is 0.757. The lowest BCUT2D eigenvalue weighted by atomic mass is 10.2. The van der Waals surface area contributed by atoms with Crippen LogP contribution in [0, 0.1) is 0 Å². The van der Waals surface area contributed by atoms with Gasteiger partial charge in [0.2, 0.25) is 0 Å². The number of hydrogen-bond donors (Lipinski definition) is 1. The Balaban J connectivity index is 1.68. The number of nitrogens with one attached hydrogen (secondary N) is 1. The zero-order valence-corrected chi connectivity index (χ0v) is 10.8. The molecule has 1 aliphatic heterocycles. The summed E-state index contributed by atoms with van der Waals surface area (Å²) in [5, 5.41) is 4.42. The van der Waals surface area contributed by atoms with E-state index in [0.29, 0.717) is 0 Å². The summed E-state index contributed by atoms with van der Waals surface area (Å²) in [6.45, 7) is 3.25. The van der Waals surface area contributed by atoms with Crippen LogP contribution in [0.4, 0.5) is 5.69 Å². The van der Waals surface area contributed by atoms with E-state index in [4.69, 9.17) is 11.6 Å². The van der Waals surface area contributed by atoms with Crippen molar-refractivity contribution in [3.63, 3.8) is 0 Å². The second-order valence-electron chi connectivity index (χ2n) is 5.14. The normalized spacial score (nSPS) is 19.9. The molecule has 1 saturated carbocycles. The standard InChI is InChI=1S/C14H19ClN2/c15-13-9-11(10-16-12-4-5-12)3-6-14(13)17-7-1-2-8-17/h3,6,9,12,16H,1-2,4-5,7-8,10H2. The Morgan fingerprint density at radius 3 is 2.65 bits per heavy atom. The van der Waals surface area contributed by atoms with Crippen LogP contribution in [0.15, 0.2) is 18.2 Å². The van der Waals surface area contributed by atoms with Gasteiger partial charge in [0.25, 0.3) is 0 Å². The summed E-state index contributed by atoms with van der Waals surface area (Å²) in [6.07, 6.45) is 5.25. The second-order valence-corrected chi connectivity index (χ2v) is 5.54. The molecule has 2 nitrogen and oxygen atoms in total. The molecule has 0 amide bonds. The average molecular weight is 251 g/mol. The highest BCUT2D eigenvalue weighted by Gasteiger charge is 2.20. The number of hydrogen-bond acceptors (Lipinski definition) is 2. The van der Waals surface area contributed by atoms with E-state index >= 15 is 0 Å². The van der Waals surface area contributed by atoms with E-state index in [0.717, 1.165) is 30.7 Å². The van der Waals surface area contributed by atoms with Crippen LogP contribution in [-0.2, 0) is 6.54 Å². The van der Waals surface area contributed by atoms with Gasteiger partial charge in [-0.05, 0) is 43.4 Å². The van der Waals surface area contributed by atoms with E-state index in [2.05, 4.69) is 28.4 Å². The van der Waals surface area contributed by atoms with Gasteiger partial charge in [-0.1, -0.05) is 17.7 Å². The van der Waals surface area contributed by atoms with Gasteiger partial charge in [0.15, 0.2) is 0 Å². The van der Waals surface area contributed by atoms with E-state index in [1.54, 1.807) is 0 Å². The molecule has 1 heterocycles.